The molecule has 0 radical (unpaired) electrons. The second-order valence-corrected chi connectivity index (χ2v) is 10.1. The van der Waals surface area contributed by atoms with E-state index in [2.05, 4.69) is 18.7 Å². The molecule has 3 aliphatic rings. The van der Waals surface area contributed by atoms with Gasteiger partial charge >= 0.3 is 0 Å². The summed E-state index contributed by atoms with van der Waals surface area (Å²) in [5, 5.41) is 0. The first-order chi connectivity index (χ1) is 12.8. The molecule has 1 saturated heterocycles. The van der Waals surface area contributed by atoms with Crippen molar-refractivity contribution < 1.29 is 0 Å². The van der Waals surface area contributed by atoms with Gasteiger partial charge in [-0.3, -0.25) is 0 Å². The zero-order chi connectivity index (χ0) is 18.2. The quantitative estimate of drug-likeness (QED) is 0.406. The van der Waals surface area contributed by atoms with Crippen LogP contribution in [-0.4, -0.2) is 24.0 Å². The summed E-state index contributed by atoms with van der Waals surface area (Å²) >= 11 is 0. The van der Waals surface area contributed by atoms with Gasteiger partial charge in [0.25, 0.3) is 0 Å². The third-order valence-electron chi connectivity index (χ3n) is 8.38. The minimum Gasteiger partial charge on any atom is -0.300 e. The molecule has 0 N–H and O–H groups in total. The summed E-state index contributed by atoms with van der Waals surface area (Å²) in [6.45, 7) is 7.50. The molecule has 3 fully saturated rings. The summed E-state index contributed by atoms with van der Waals surface area (Å²) in [5.74, 6) is 4.30. The van der Waals surface area contributed by atoms with Crippen LogP contribution >= 0.6 is 0 Å². The molecule has 0 unspecified atom stereocenters. The number of piperidine rings is 1. The normalized spacial score (nSPS) is 34.8. The highest BCUT2D eigenvalue weighted by Gasteiger charge is 2.33. The highest BCUT2D eigenvalue weighted by atomic mass is 15.2. The molecule has 26 heavy (non-hydrogen) atoms. The molecule has 1 heteroatoms. The molecule has 1 heterocycles. The molecule has 152 valence electrons. The lowest BCUT2D eigenvalue weighted by atomic mass is 9.69. The Balaban J connectivity index is 1.32. The summed E-state index contributed by atoms with van der Waals surface area (Å²) < 4.78 is 0. The van der Waals surface area contributed by atoms with Gasteiger partial charge in [0.15, 0.2) is 0 Å². The molecule has 3 rings (SSSR count). The maximum absolute atomic E-state index is 2.88. The van der Waals surface area contributed by atoms with Gasteiger partial charge in [0.1, 0.15) is 0 Å². The Morgan fingerprint density at radius 3 is 1.73 bits per heavy atom. The van der Waals surface area contributed by atoms with Gasteiger partial charge in [-0.05, 0) is 88.1 Å². The number of nitrogens with zero attached hydrogens (tertiary/aromatic N) is 1. The Kier molecular flexibility index (Phi) is 8.82. The summed E-state index contributed by atoms with van der Waals surface area (Å²) in [7, 11) is 0. The van der Waals surface area contributed by atoms with Crippen LogP contribution in [-0.2, 0) is 0 Å². The van der Waals surface area contributed by atoms with Gasteiger partial charge in [-0.25, -0.2) is 0 Å². The van der Waals surface area contributed by atoms with Crippen molar-refractivity contribution in [2.75, 3.05) is 13.1 Å². The van der Waals surface area contributed by atoms with Gasteiger partial charge in [0.2, 0.25) is 0 Å². The standard InChI is InChI=1S/C25H47N/c1-3-5-6-8-22-9-11-23(12-10-22)24-13-15-25(16-14-24)26-19-17-21(7-4-2)18-20-26/h21-25H,3-20H2,1-2H3/t22-,23-,24?,25?. The summed E-state index contributed by atoms with van der Waals surface area (Å²) in [5.41, 5.74) is 0. The van der Waals surface area contributed by atoms with Crippen molar-refractivity contribution >= 4 is 0 Å². The second-order valence-electron chi connectivity index (χ2n) is 10.1. The molecule has 0 aromatic heterocycles. The van der Waals surface area contributed by atoms with Gasteiger partial charge in [-0.1, -0.05) is 65.2 Å². The maximum Gasteiger partial charge on any atom is 0.00954 e. The van der Waals surface area contributed by atoms with Crippen LogP contribution in [0.3, 0.4) is 0 Å². The monoisotopic (exact) mass is 361 g/mol. The molecular weight excluding hydrogens is 314 g/mol. The van der Waals surface area contributed by atoms with Crippen LogP contribution in [0, 0.1) is 23.7 Å². The van der Waals surface area contributed by atoms with E-state index in [0.717, 1.165) is 29.7 Å². The van der Waals surface area contributed by atoms with E-state index in [1.165, 1.54) is 77.3 Å². The fourth-order valence-electron chi connectivity index (χ4n) is 6.58. The molecule has 0 bridgehead atoms. The number of hydrogen-bond donors (Lipinski definition) is 0. The second kappa shape index (κ2) is 11.1. The minimum absolute atomic E-state index is 0.944. The smallest absolute Gasteiger partial charge is 0.00954 e. The number of likely N-dealkylation sites (tertiary alicyclic amines) is 1. The minimum atomic E-state index is 0.944. The van der Waals surface area contributed by atoms with Gasteiger partial charge in [0, 0.05) is 6.04 Å². The number of unbranched alkanes of at least 4 members (excludes halogenated alkanes) is 2. The average Bonchev–Trinajstić information content (AvgIpc) is 2.70. The Bertz CT molecular complexity index is 354. The fourth-order valence-corrected chi connectivity index (χ4v) is 6.58. The van der Waals surface area contributed by atoms with Gasteiger partial charge in [-0.15, -0.1) is 0 Å². The molecule has 1 nitrogen and oxygen atoms in total. The van der Waals surface area contributed by atoms with Gasteiger partial charge < -0.3 is 4.90 Å². The van der Waals surface area contributed by atoms with Crippen molar-refractivity contribution in [1.82, 2.24) is 4.90 Å². The molecular formula is C25H47N. The Labute approximate surface area is 164 Å². The lowest BCUT2D eigenvalue weighted by molar-refractivity contribution is 0.0720. The van der Waals surface area contributed by atoms with Crippen LogP contribution in [0.4, 0.5) is 0 Å². The van der Waals surface area contributed by atoms with E-state index in [-0.39, 0.29) is 0 Å². The maximum atomic E-state index is 2.88. The van der Waals surface area contributed by atoms with E-state index in [1.54, 1.807) is 38.5 Å². The summed E-state index contributed by atoms with van der Waals surface area (Å²) in [6, 6.07) is 0.944. The molecule has 2 saturated carbocycles. The molecule has 0 amide bonds. The predicted molar refractivity (Wildman–Crippen MR) is 115 cm³/mol. The first-order valence-electron chi connectivity index (χ1n) is 12.5. The van der Waals surface area contributed by atoms with Crippen molar-refractivity contribution in [3.05, 3.63) is 0 Å². The fraction of sp³-hybridized carbons (Fsp3) is 1.00. The van der Waals surface area contributed by atoms with Crippen molar-refractivity contribution in [3.8, 4) is 0 Å². The Morgan fingerprint density at radius 1 is 0.577 bits per heavy atom. The predicted octanol–water partition coefficient (Wildman–Crippen LogP) is 7.44. The van der Waals surface area contributed by atoms with Gasteiger partial charge in [-0.2, -0.15) is 0 Å². The van der Waals surface area contributed by atoms with Crippen LogP contribution in [0.5, 0.6) is 0 Å². The van der Waals surface area contributed by atoms with E-state index in [0.29, 0.717) is 0 Å². The van der Waals surface area contributed by atoms with Crippen LogP contribution < -0.4 is 0 Å². The van der Waals surface area contributed by atoms with Crippen LogP contribution in [0.2, 0.25) is 0 Å². The van der Waals surface area contributed by atoms with E-state index in [1.807, 2.05) is 0 Å². The SMILES string of the molecule is CCCCC[C@H]1CC[C@H](C2CCC(N3CCC(CCC)CC3)CC2)CC1. The average molecular weight is 362 g/mol. The van der Waals surface area contributed by atoms with Crippen LogP contribution in [0.25, 0.3) is 0 Å². The van der Waals surface area contributed by atoms with Crippen molar-refractivity contribution in [3.63, 3.8) is 0 Å². The Morgan fingerprint density at radius 2 is 1.15 bits per heavy atom. The van der Waals surface area contributed by atoms with E-state index in [4.69, 9.17) is 0 Å². The van der Waals surface area contributed by atoms with Crippen LogP contribution in [0.15, 0.2) is 0 Å². The zero-order valence-corrected chi connectivity index (χ0v) is 18.1. The summed E-state index contributed by atoms with van der Waals surface area (Å²) in [4.78, 5) is 2.88. The lowest BCUT2D eigenvalue weighted by Gasteiger charge is -2.43. The number of hydrogen-bond acceptors (Lipinski definition) is 1. The molecule has 2 aliphatic carbocycles. The first-order valence-corrected chi connectivity index (χ1v) is 12.5. The largest absolute Gasteiger partial charge is 0.300 e. The highest BCUT2D eigenvalue weighted by Crippen LogP contribution is 2.42. The topological polar surface area (TPSA) is 3.24 Å². The molecule has 0 aromatic rings. The highest BCUT2D eigenvalue weighted by molar-refractivity contribution is 4.86. The van der Waals surface area contributed by atoms with Crippen molar-refractivity contribution in [1.29, 1.82) is 0 Å². The van der Waals surface area contributed by atoms with Gasteiger partial charge in [0.05, 0.1) is 0 Å². The number of rotatable bonds is 8. The van der Waals surface area contributed by atoms with E-state index >= 15 is 0 Å². The first kappa shape index (κ1) is 20.7. The summed E-state index contributed by atoms with van der Waals surface area (Å²) in [6.07, 6.45) is 24.0. The molecule has 0 spiro atoms. The van der Waals surface area contributed by atoms with Crippen molar-refractivity contribution in [2.45, 2.75) is 123 Å². The van der Waals surface area contributed by atoms with E-state index < -0.39 is 0 Å². The molecule has 0 aromatic carbocycles. The zero-order valence-electron chi connectivity index (χ0n) is 18.1. The van der Waals surface area contributed by atoms with E-state index in [9.17, 15) is 0 Å². The lowest BCUT2D eigenvalue weighted by Crippen LogP contribution is -2.43. The third-order valence-corrected chi connectivity index (χ3v) is 8.38. The molecule has 1 aliphatic heterocycles. The van der Waals surface area contributed by atoms with Crippen molar-refractivity contribution in [2.24, 2.45) is 23.7 Å². The molecule has 0 atom stereocenters. The van der Waals surface area contributed by atoms with Crippen LogP contribution in [0.1, 0.15) is 117 Å². The third kappa shape index (κ3) is 5.98. The Hall–Kier alpha value is -0.0400.